The number of pyridine rings is 1. The highest BCUT2D eigenvalue weighted by Crippen LogP contribution is 2.02. The zero-order chi connectivity index (χ0) is 9.84. The summed E-state index contributed by atoms with van der Waals surface area (Å²) in [4.78, 5) is 15.0. The lowest BCUT2D eigenvalue weighted by molar-refractivity contribution is 0.0600. The van der Waals surface area contributed by atoms with Crippen LogP contribution in [0.3, 0.4) is 0 Å². The van der Waals surface area contributed by atoms with Crippen LogP contribution in [-0.4, -0.2) is 25.9 Å². The van der Waals surface area contributed by atoms with Crippen LogP contribution in [0.4, 0.5) is 0 Å². The van der Waals surface area contributed by atoms with Gasteiger partial charge in [-0.05, 0) is 23.6 Å². The normalized spacial score (nSPS) is 9.69. The first-order chi connectivity index (χ1) is 6.19. The minimum atomic E-state index is -0.387. The number of aryl methyl sites for hydroxylation is 1. The molecule has 66 valence electrons. The SMILES string of the molecule is [B]c1ncc(C(=O)OC)cc1CC. The number of rotatable bonds is 2. The van der Waals surface area contributed by atoms with E-state index in [0.29, 0.717) is 11.2 Å². The van der Waals surface area contributed by atoms with Crippen LogP contribution in [0.15, 0.2) is 12.3 Å². The summed E-state index contributed by atoms with van der Waals surface area (Å²) in [7, 11) is 6.92. The molecular formula is C9H10BNO2. The third-order valence-electron chi connectivity index (χ3n) is 1.80. The molecule has 0 aliphatic rings. The van der Waals surface area contributed by atoms with E-state index in [-0.39, 0.29) is 5.97 Å². The second kappa shape index (κ2) is 4.07. The van der Waals surface area contributed by atoms with Crippen LogP contribution in [0.2, 0.25) is 0 Å². The smallest absolute Gasteiger partial charge is 0.339 e. The van der Waals surface area contributed by atoms with Crippen LogP contribution in [0.1, 0.15) is 22.8 Å². The van der Waals surface area contributed by atoms with Crippen molar-refractivity contribution in [1.29, 1.82) is 0 Å². The zero-order valence-electron chi connectivity index (χ0n) is 7.70. The van der Waals surface area contributed by atoms with E-state index in [9.17, 15) is 4.79 Å². The van der Waals surface area contributed by atoms with Crippen LogP contribution in [0, 0.1) is 0 Å². The van der Waals surface area contributed by atoms with E-state index >= 15 is 0 Å². The molecule has 0 unspecified atom stereocenters. The lowest BCUT2D eigenvalue weighted by Crippen LogP contribution is -2.16. The minimum absolute atomic E-state index is 0.387. The fourth-order valence-corrected chi connectivity index (χ4v) is 1.03. The van der Waals surface area contributed by atoms with Gasteiger partial charge in [-0.2, -0.15) is 0 Å². The molecule has 1 aromatic rings. The molecule has 0 aliphatic carbocycles. The van der Waals surface area contributed by atoms with E-state index in [1.807, 2.05) is 6.92 Å². The van der Waals surface area contributed by atoms with Gasteiger partial charge in [0.2, 0.25) is 0 Å². The van der Waals surface area contributed by atoms with Crippen LogP contribution in [0.25, 0.3) is 0 Å². The number of hydrogen-bond donors (Lipinski definition) is 0. The first-order valence-corrected chi connectivity index (χ1v) is 4.01. The van der Waals surface area contributed by atoms with Crippen LogP contribution in [-0.2, 0) is 11.2 Å². The number of carbonyl (C=O) groups is 1. The number of aromatic nitrogens is 1. The molecule has 0 saturated carbocycles. The van der Waals surface area contributed by atoms with Crippen LogP contribution >= 0.6 is 0 Å². The molecule has 0 atom stereocenters. The van der Waals surface area contributed by atoms with Gasteiger partial charge in [0, 0.05) is 6.20 Å². The van der Waals surface area contributed by atoms with Gasteiger partial charge in [-0.3, -0.25) is 4.98 Å². The van der Waals surface area contributed by atoms with E-state index < -0.39 is 0 Å². The van der Waals surface area contributed by atoms with Crippen molar-refractivity contribution in [3.63, 3.8) is 0 Å². The molecule has 0 amide bonds. The highest BCUT2D eigenvalue weighted by atomic mass is 16.5. The summed E-state index contributed by atoms with van der Waals surface area (Å²) in [6.07, 6.45) is 2.17. The third kappa shape index (κ3) is 2.08. The second-order valence-electron chi connectivity index (χ2n) is 2.61. The lowest BCUT2D eigenvalue weighted by Gasteiger charge is -2.04. The Morgan fingerprint density at radius 1 is 1.69 bits per heavy atom. The summed E-state index contributed by atoms with van der Waals surface area (Å²) < 4.78 is 4.56. The van der Waals surface area contributed by atoms with E-state index in [2.05, 4.69) is 9.72 Å². The summed E-state index contributed by atoms with van der Waals surface area (Å²) in [5, 5.41) is 0. The third-order valence-corrected chi connectivity index (χ3v) is 1.80. The van der Waals surface area contributed by atoms with Gasteiger partial charge in [0.1, 0.15) is 7.85 Å². The number of carbonyl (C=O) groups excluding carboxylic acids is 1. The molecule has 3 nitrogen and oxygen atoms in total. The quantitative estimate of drug-likeness (QED) is 0.476. The fraction of sp³-hybridized carbons (Fsp3) is 0.333. The molecule has 1 aromatic heterocycles. The highest BCUT2D eigenvalue weighted by Gasteiger charge is 2.07. The van der Waals surface area contributed by atoms with E-state index in [0.717, 1.165) is 12.0 Å². The molecule has 0 spiro atoms. The summed E-state index contributed by atoms with van der Waals surface area (Å²) in [5.74, 6) is -0.387. The Bertz CT molecular complexity index is 325. The predicted octanol–water partition coefficient (Wildman–Crippen LogP) is 0.224. The maximum absolute atomic E-state index is 11.1. The van der Waals surface area contributed by atoms with Crippen LogP contribution in [0.5, 0.6) is 0 Å². The first-order valence-electron chi connectivity index (χ1n) is 4.01. The summed E-state index contributed by atoms with van der Waals surface area (Å²) >= 11 is 0. The van der Waals surface area contributed by atoms with Crippen molar-refractivity contribution < 1.29 is 9.53 Å². The molecule has 1 heterocycles. The number of ether oxygens (including phenoxy) is 1. The van der Waals surface area contributed by atoms with E-state index in [1.54, 1.807) is 6.07 Å². The Hall–Kier alpha value is -1.32. The molecule has 0 bridgehead atoms. The molecule has 0 aliphatic heterocycles. The summed E-state index contributed by atoms with van der Waals surface area (Å²) in [5.41, 5.74) is 1.77. The van der Waals surface area contributed by atoms with E-state index in [4.69, 9.17) is 7.85 Å². The zero-order valence-corrected chi connectivity index (χ0v) is 7.70. The van der Waals surface area contributed by atoms with Gasteiger partial charge in [0.25, 0.3) is 0 Å². The molecule has 4 heteroatoms. The Morgan fingerprint density at radius 2 is 2.38 bits per heavy atom. The molecule has 1 rings (SSSR count). The number of hydrogen-bond acceptors (Lipinski definition) is 3. The molecule has 13 heavy (non-hydrogen) atoms. The van der Waals surface area contributed by atoms with Crippen LogP contribution < -0.4 is 5.59 Å². The second-order valence-corrected chi connectivity index (χ2v) is 2.61. The van der Waals surface area contributed by atoms with Gasteiger partial charge in [-0.25, -0.2) is 4.79 Å². The molecule has 0 saturated heterocycles. The topological polar surface area (TPSA) is 39.2 Å². The first kappa shape index (κ1) is 9.77. The minimum Gasteiger partial charge on any atom is -0.465 e. The largest absolute Gasteiger partial charge is 0.465 e. The number of methoxy groups -OCH3 is 1. The van der Waals surface area contributed by atoms with Gasteiger partial charge in [0.05, 0.1) is 12.7 Å². The summed E-state index contributed by atoms with van der Waals surface area (Å²) in [6.45, 7) is 1.95. The molecule has 2 radical (unpaired) electrons. The lowest BCUT2D eigenvalue weighted by atomic mass is 9.95. The van der Waals surface area contributed by atoms with Gasteiger partial charge in [-0.1, -0.05) is 6.92 Å². The average molecular weight is 175 g/mol. The van der Waals surface area contributed by atoms with Crippen molar-refractivity contribution in [2.75, 3.05) is 7.11 Å². The summed E-state index contributed by atoms with van der Waals surface area (Å²) in [6, 6.07) is 1.70. The Kier molecular flexibility index (Phi) is 3.06. The van der Waals surface area contributed by atoms with Crippen molar-refractivity contribution in [2.45, 2.75) is 13.3 Å². The maximum atomic E-state index is 11.1. The monoisotopic (exact) mass is 175 g/mol. The van der Waals surface area contributed by atoms with Gasteiger partial charge in [-0.15, -0.1) is 0 Å². The van der Waals surface area contributed by atoms with Crippen molar-refractivity contribution in [1.82, 2.24) is 4.98 Å². The Morgan fingerprint density at radius 3 is 2.92 bits per heavy atom. The standard InChI is InChI=1S/C9H10BNO2/c1-3-6-4-7(9(12)13-2)5-11-8(6)10/h4-5H,3H2,1-2H3. The van der Waals surface area contributed by atoms with E-state index in [1.165, 1.54) is 13.3 Å². The van der Waals surface area contributed by atoms with Gasteiger partial charge < -0.3 is 4.74 Å². The van der Waals surface area contributed by atoms with Crippen molar-refractivity contribution >= 4 is 19.4 Å². The van der Waals surface area contributed by atoms with Crippen molar-refractivity contribution in [2.24, 2.45) is 0 Å². The van der Waals surface area contributed by atoms with Gasteiger partial charge >= 0.3 is 5.97 Å². The van der Waals surface area contributed by atoms with Crippen molar-refractivity contribution in [3.8, 4) is 0 Å². The fourth-order valence-electron chi connectivity index (χ4n) is 1.03. The number of esters is 1. The number of nitrogens with zero attached hydrogens (tertiary/aromatic N) is 1. The van der Waals surface area contributed by atoms with Gasteiger partial charge in [0.15, 0.2) is 0 Å². The maximum Gasteiger partial charge on any atom is 0.339 e. The molecular weight excluding hydrogens is 165 g/mol. The Labute approximate surface area is 78.5 Å². The molecule has 0 aromatic carbocycles. The predicted molar refractivity (Wildman–Crippen MR) is 50.3 cm³/mol. The highest BCUT2D eigenvalue weighted by molar-refractivity contribution is 6.31. The molecule has 0 N–H and O–H groups in total. The Balaban J connectivity index is 3.06. The average Bonchev–Trinajstić information content (AvgIpc) is 2.17. The van der Waals surface area contributed by atoms with Crippen molar-refractivity contribution in [3.05, 3.63) is 23.4 Å². The molecule has 0 fully saturated rings.